The Bertz CT molecular complexity index is 1500. The quantitative estimate of drug-likeness (QED) is 0.261. The van der Waals surface area contributed by atoms with E-state index in [-0.39, 0.29) is 29.9 Å². The van der Waals surface area contributed by atoms with Crippen molar-refractivity contribution >= 4 is 17.5 Å². The van der Waals surface area contributed by atoms with Gasteiger partial charge in [0, 0.05) is 50.9 Å². The van der Waals surface area contributed by atoms with Crippen molar-refractivity contribution < 1.29 is 19.5 Å². The van der Waals surface area contributed by atoms with Crippen molar-refractivity contribution in [3.05, 3.63) is 53.1 Å². The summed E-state index contributed by atoms with van der Waals surface area (Å²) >= 11 is 0. The number of carbonyl (C=O) groups is 2. The number of fused-ring (bicyclic) bond motifs is 2. The topological polar surface area (TPSA) is 106 Å². The third kappa shape index (κ3) is 6.76. The minimum absolute atomic E-state index is 0.0516. The number of aliphatic hydroxyl groups excluding tert-OH is 1. The summed E-state index contributed by atoms with van der Waals surface area (Å²) in [5.74, 6) is 1.81. The van der Waals surface area contributed by atoms with Crippen molar-refractivity contribution in [2.45, 2.75) is 91.1 Å². The summed E-state index contributed by atoms with van der Waals surface area (Å²) in [5, 5.41) is 22.8. The van der Waals surface area contributed by atoms with E-state index in [0.717, 1.165) is 46.8 Å². The van der Waals surface area contributed by atoms with Crippen LogP contribution in [0.1, 0.15) is 74.9 Å². The van der Waals surface area contributed by atoms with Gasteiger partial charge in [0.1, 0.15) is 6.04 Å². The molecule has 0 spiro atoms. The number of amides is 2. The van der Waals surface area contributed by atoms with Crippen molar-refractivity contribution in [1.29, 1.82) is 0 Å². The van der Waals surface area contributed by atoms with E-state index in [0.29, 0.717) is 41.8 Å². The minimum Gasteiger partial charge on any atom is -0.393 e. The average Bonchev–Trinajstić information content (AvgIpc) is 3.80. The van der Waals surface area contributed by atoms with Crippen LogP contribution in [0.3, 0.4) is 0 Å². The molecule has 4 aliphatic carbocycles. The van der Waals surface area contributed by atoms with E-state index in [2.05, 4.69) is 61.8 Å². The monoisotopic (exact) mass is 659 g/mol. The maximum Gasteiger partial charge on any atom is 0.251 e. The zero-order valence-electron chi connectivity index (χ0n) is 30.2. The summed E-state index contributed by atoms with van der Waals surface area (Å²) in [6.07, 6.45) is 3.71. The summed E-state index contributed by atoms with van der Waals surface area (Å²) in [6.45, 7) is 12.9. The van der Waals surface area contributed by atoms with Crippen LogP contribution in [0.5, 0.6) is 0 Å². The van der Waals surface area contributed by atoms with Gasteiger partial charge in [-0.3, -0.25) is 14.4 Å². The second-order valence-electron chi connectivity index (χ2n) is 16.0. The lowest BCUT2D eigenvalue weighted by Gasteiger charge is -2.62. The van der Waals surface area contributed by atoms with Crippen molar-refractivity contribution in [2.75, 3.05) is 39.1 Å². The molecule has 9 nitrogen and oxygen atoms in total. The molecular formula is C39H57N5O4. The SMILES string of the molecule is CNC(=O)c1cc(-c2cccc(CN3O[C@@H](CNCC4CC4)[C@@H]([C@H](C)O)[C@H]3C(=O)N[C@H]3C[C@@H]4C[C@H]([C@@H]3C)C4(C)C)c2C)cc(N(C)C)c1. The van der Waals surface area contributed by atoms with Gasteiger partial charge in [-0.05, 0) is 116 Å². The molecule has 1 saturated heterocycles. The highest BCUT2D eigenvalue weighted by molar-refractivity contribution is 5.96. The molecule has 0 radical (unpaired) electrons. The molecule has 2 amide bonds. The molecule has 262 valence electrons. The molecule has 2 bridgehead atoms. The molecule has 0 unspecified atom stereocenters. The summed E-state index contributed by atoms with van der Waals surface area (Å²) < 4.78 is 0. The highest BCUT2D eigenvalue weighted by atomic mass is 16.7. The van der Waals surface area contributed by atoms with Crippen LogP contribution in [0.25, 0.3) is 11.1 Å². The predicted octanol–water partition coefficient (Wildman–Crippen LogP) is 4.76. The van der Waals surface area contributed by atoms with Gasteiger partial charge in [-0.2, -0.15) is 5.06 Å². The Hall–Kier alpha value is -2.98. The molecule has 7 rings (SSSR count). The van der Waals surface area contributed by atoms with E-state index in [4.69, 9.17) is 4.84 Å². The first kappa shape index (κ1) is 34.9. The Morgan fingerprint density at radius 3 is 2.50 bits per heavy atom. The highest BCUT2D eigenvalue weighted by Gasteiger charge is 2.57. The van der Waals surface area contributed by atoms with Crippen LogP contribution >= 0.6 is 0 Å². The largest absolute Gasteiger partial charge is 0.393 e. The number of nitrogens with zero attached hydrogens (tertiary/aromatic N) is 2. The number of benzene rings is 2. The number of anilines is 1. The average molecular weight is 660 g/mol. The number of hydroxylamine groups is 2. The Morgan fingerprint density at radius 1 is 1.12 bits per heavy atom. The number of aliphatic hydroxyl groups is 1. The maximum absolute atomic E-state index is 14.4. The van der Waals surface area contributed by atoms with Crippen LogP contribution in [-0.2, 0) is 16.2 Å². The lowest BCUT2D eigenvalue weighted by Crippen LogP contribution is -2.62. The predicted molar refractivity (Wildman–Crippen MR) is 190 cm³/mol. The fraction of sp³-hybridized carbons (Fsp3) is 0.641. The molecule has 5 aliphatic rings. The summed E-state index contributed by atoms with van der Waals surface area (Å²) in [4.78, 5) is 35.7. The van der Waals surface area contributed by atoms with Gasteiger partial charge < -0.3 is 26.0 Å². The normalized spacial score (nSPS) is 30.0. The van der Waals surface area contributed by atoms with Crippen LogP contribution in [0, 0.1) is 41.9 Å². The number of nitrogens with one attached hydrogen (secondary N) is 3. The minimum atomic E-state index is -0.723. The molecule has 4 N–H and O–H groups in total. The summed E-state index contributed by atoms with van der Waals surface area (Å²) in [5.41, 5.74) is 5.94. The zero-order valence-corrected chi connectivity index (χ0v) is 30.2. The van der Waals surface area contributed by atoms with Crippen molar-refractivity contribution in [3.63, 3.8) is 0 Å². The summed E-state index contributed by atoms with van der Waals surface area (Å²) in [7, 11) is 5.59. The highest BCUT2D eigenvalue weighted by Crippen LogP contribution is 2.61. The number of hydrogen-bond donors (Lipinski definition) is 4. The van der Waals surface area contributed by atoms with Gasteiger partial charge >= 0.3 is 0 Å². The third-order valence-corrected chi connectivity index (χ3v) is 12.4. The van der Waals surface area contributed by atoms with Crippen LogP contribution in [-0.4, -0.2) is 80.5 Å². The Balaban J connectivity index is 1.29. The number of hydrogen-bond acceptors (Lipinski definition) is 7. The van der Waals surface area contributed by atoms with Crippen LogP contribution in [0.15, 0.2) is 36.4 Å². The molecule has 0 aromatic heterocycles. The van der Waals surface area contributed by atoms with E-state index in [1.165, 1.54) is 19.3 Å². The van der Waals surface area contributed by atoms with E-state index in [1.807, 2.05) is 42.3 Å². The molecule has 9 heteroatoms. The molecule has 2 aromatic carbocycles. The number of carbonyl (C=O) groups excluding carboxylic acids is 2. The van der Waals surface area contributed by atoms with Crippen LogP contribution in [0.2, 0.25) is 0 Å². The molecule has 1 heterocycles. The Morgan fingerprint density at radius 2 is 1.88 bits per heavy atom. The standard InChI is InChI=1S/C39H57N5O4/c1-22-26(10-9-11-31(22)27-14-28(37(46)40-6)16-30(15-27)43(7)8)21-44-36(35(24(3)45)34(48-44)20-41-19-25-12-13-25)38(47)42-33-18-29-17-32(23(33)2)39(29,4)5/h9-11,14-16,23-25,29,32-36,41,45H,12-13,17-21H2,1-8H3,(H,40,46)(H,42,47)/t23-,24-,29-,32+,33-,34-,35+,36-/m0/s1. The van der Waals surface area contributed by atoms with Gasteiger partial charge in [0.2, 0.25) is 5.91 Å². The van der Waals surface area contributed by atoms with Crippen molar-refractivity contribution in [1.82, 2.24) is 21.0 Å². The van der Waals surface area contributed by atoms with Crippen LogP contribution < -0.4 is 20.9 Å². The number of rotatable bonds is 12. The first-order valence-corrected chi connectivity index (χ1v) is 18.1. The molecule has 8 atom stereocenters. The Kier molecular flexibility index (Phi) is 9.98. The second-order valence-corrected chi connectivity index (χ2v) is 16.0. The van der Waals surface area contributed by atoms with Gasteiger partial charge in [-0.1, -0.05) is 39.0 Å². The van der Waals surface area contributed by atoms with E-state index >= 15 is 0 Å². The molecule has 4 saturated carbocycles. The Labute approximate surface area is 287 Å². The maximum atomic E-state index is 14.4. The third-order valence-electron chi connectivity index (χ3n) is 12.4. The molecule has 5 fully saturated rings. The van der Waals surface area contributed by atoms with Gasteiger partial charge in [0.15, 0.2) is 0 Å². The fourth-order valence-corrected chi connectivity index (χ4v) is 8.89. The smallest absolute Gasteiger partial charge is 0.251 e. The van der Waals surface area contributed by atoms with Gasteiger partial charge in [-0.15, -0.1) is 0 Å². The van der Waals surface area contributed by atoms with Crippen molar-refractivity contribution in [2.24, 2.45) is 35.0 Å². The van der Waals surface area contributed by atoms with E-state index in [1.54, 1.807) is 14.0 Å². The molecule has 1 aliphatic heterocycles. The van der Waals surface area contributed by atoms with E-state index in [9.17, 15) is 14.7 Å². The molecular weight excluding hydrogens is 602 g/mol. The summed E-state index contributed by atoms with van der Waals surface area (Å²) in [6, 6.07) is 11.6. The van der Waals surface area contributed by atoms with Gasteiger partial charge in [0.05, 0.1) is 18.8 Å². The molecule has 48 heavy (non-hydrogen) atoms. The lowest BCUT2D eigenvalue weighted by molar-refractivity contribution is -0.176. The van der Waals surface area contributed by atoms with E-state index < -0.39 is 12.1 Å². The second kappa shape index (κ2) is 13.7. The van der Waals surface area contributed by atoms with Gasteiger partial charge in [-0.25, -0.2) is 0 Å². The first-order valence-electron chi connectivity index (χ1n) is 18.1. The fourth-order valence-electron chi connectivity index (χ4n) is 8.89. The lowest BCUT2D eigenvalue weighted by atomic mass is 9.45. The first-order chi connectivity index (χ1) is 22.8. The van der Waals surface area contributed by atoms with Gasteiger partial charge in [0.25, 0.3) is 5.91 Å². The van der Waals surface area contributed by atoms with Crippen LogP contribution in [0.4, 0.5) is 5.69 Å². The zero-order chi connectivity index (χ0) is 34.5. The van der Waals surface area contributed by atoms with Crippen molar-refractivity contribution in [3.8, 4) is 11.1 Å². The molecule has 2 aromatic rings.